The van der Waals surface area contributed by atoms with Crippen LogP contribution in [0.2, 0.25) is 5.02 Å². The highest BCUT2D eigenvalue weighted by molar-refractivity contribution is 6.31. The molecule has 102 valence electrons. The van der Waals surface area contributed by atoms with E-state index in [4.69, 9.17) is 17.3 Å². The molecule has 0 radical (unpaired) electrons. The van der Waals surface area contributed by atoms with E-state index in [0.717, 1.165) is 11.3 Å². The van der Waals surface area contributed by atoms with Crippen LogP contribution in [0.25, 0.3) is 0 Å². The van der Waals surface area contributed by atoms with Gasteiger partial charge in [0.1, 0.15) is 0 Å². The molecule has 0 spiro atoms. The van der Waals surface area contributed by atoms with Crippen molar-refractivity contribution in [1.29, 1.82) is 0 Å². The van der Waals surface area contributed by atoms with Gasteiger partial charge in [-0.3, -0.25) is 9.98 Å². The summed E-state index contributed by atoms with van der Waals surface area (Å²) in [7, 11) is 0. The molecule has 2 N–H and O–H groups in total. The molecule has 1 aromatic carbocycles. The monoisotopic (exact) mass is 286 g/mol. The molecule has 0 aliphatic carbocycles. The summed E-state index contributed by atoms with van der Waals surface area (Å²) in [5, 5.41) is 0.680. The van der Waals surface area contributed by atoms with Crippen LogP contribution in [0.5, 0.6) is 0 Å². The van der Waals surface area contributed by atoms with E-state index < -0.39 is 0 Å². The Bertz CT molecular complexity index is 656. The van der Waals surface area contributed by atoms with Crippen LogP contribution >= 0.6 is 11.6 Å². The van der Waals surface area contributed by atoms with Gasteiger partial charge in [-0.25, -0.2) is 0 Å². The van der Waals surface area contributed by atoms with E-state index in [1.54, 1.807) is 12.4 Å². The van der Waals surface area contributed by atoms with Crippen molar-refractivity contribution in [2.24, 2.45) is 10.7 Å². The SMILES string of the molecule is CC1(c2ccncc2)CN=C(N)N1c1cccc(Cl)c1. The average Bonchev–Trinajstić information content (AvgIpc) is 2.77. The van der Waals surface area contributed by atoms with Crippen LogP contribution in [-0.2, 0) is 5.54 Å². The minimum atomic E-state index is -0.322. The first-order chi connectivity index (χ1) is 9.61. The molecular weight excluding hydrogens is 272 g/mol. The predicted molar refractivity (Wildman–Crippen MR) is 82.0 cm³/mol. The van der Waals surface area contributed by atoms with Crippen molar-refractivity contribution in [3.8, 4) is 0 Å². The Morgan fingerprint density at radius 1 is 1.25 bits per heavy atom. The molecule has 0 saturated carbocycles. The number of aliphatic imine (C=N–C) groups is 1. The molecule has 20 heavy (non-hydrogen) atoms. The molecule has 0 bridgehead atoms. The highest BCUT2D eigenvalue weighted by Gasteiger charge is 2.40. The Kier molecular flexibility index (Phi) is 3.10. The third-order valence-corrected chi connectivity index (χ3v) is 3.88. The van der Waals surface area contributed by atoms with Crippen molar-refractivity contribution in [3.05, 3.63) is 59.4 Å². The third-order valence-electron chi connectivity index (χ3n) is 3.64. The number of anilines is 1. The molecular formula is C15H15ClN4. The topological polar surface area (TPSA) is 54.5 Å². The van der Waals surface area contributed by atoms with E-state index in [2.05, 4.69) is 16.9 Å². The van der Waals surface area contributed by atoms with Crippen molar-refractivity contribution >= 4 is 23.2 Å². The molecule has 0 amide bonds. The van der Waals surface area contributed by atoms with Gasteiger partial charge in [-0.05, 0) is 42.8 Å². The average molecular weight is 287 g/mol. The fraction of sp³-hybridized carbons (Fsp3) is 0.200. The number of benzene rings is 1. The molecule has 0 saturated heterocycles. The number of nitrogens with two attached hydrogens (primary N) is 1. The predicted octanol–water partition coefficient (Wildman–Crippen LogP) is 2.79. The minimum absolute atomic E-state index is 0.322. The van der Waals surface area contributed by atoms with Gasteiger partial charge in [0.2, 0.25) is 0 Å². The molecule has 1 aliphatic heterocycles. The Morgan fingerprint density at radius 2 is 2.00 bits per heavy atom. The number of hydrogen-bond acceptors (Lipinski definition) is 4. The first kappa shape index (κ1) is 12.9. The maximum atomic E-state index is 6.09. The van der Waals surface area contributed by atoms with Gasteiger partial charge in [0.15, 0.2) is 5.96 Å². The zero-order valence-electron chi connectivity index (χ0n) is 11.1. The van der Waals surface area contributed by atoms with E-state index in [1.807, 2.05) is 41.3 Å². The van der Waals surface area contributed by atoms with Crippen LogP contribution in [0.3, 0.4) is 0 Å². The second kappa shape index (κ2) is 4.80. The summed E-state index contributed by atoms with van der Waals surface area (Å²) in [6, 6.07) is 11.6. The van der Waals surface area contributed by atoms with E-state index in [0.29, 0.717) is 17.5 Å². The van der Waals surface area contributed by atoms with Gasteiger partial charge >= 0.3 is 0 Å². The molecule has 1 aliphatic rings. The van der Waals surface area contributed by atoms with Crippen LogP contribution < -0.4 is 10.6 Å². The van der Waals surface area contributed by atoms with Crippen molar-refractivity contribution in [2.45, 2.75) is 12.5 Å². The Balaban J connectivity index is 2.09. The molecule has 1 atom stereocenters. The quantitative estimate of drug-likeness (QED) is 0.923. The van der Waals surface area contributed by atoms with Crippen molar-refractivity contribution in [1.82, 2.24) is 4.98 Å². The molecule has 2 aromatic rings. The fourth-order valence-corrected chi connectivity index (χ4v) is 2.78. The second-order valence-electron chi connectivity index (χ2n) is 5.00. The van der Waals surface area contributed by atoms with Gasteiger partial charge in [-0.1, -0.05) is 17.7 Å². The summed E-state index contributed by atoms with van der Waals surface area (Å²) in [5.74, 6) is 0.506. The molecule has 3 rings (SSSR count). The van der Waals surface area contributed by atoms with E-state index in [9.17, 15) is 0 Å². The lowest BCUT2D eigenvalue weighted by atomic mass is 9.91. The normalized spacial score (nSPS) is 21.9. The van der Waals surface area contributed by atoms with Crippen molar-refractivity contribution in [2.75, 3.05) is 11.4 Å². The minimum Gasteiger partial charge on any atom is -0.369 e. The van der Waals surface area contributed by atoms with Gasteiger partial charge in [0.05, 0.1) is 12.1 Å². The molecule has 1 unspecified atom stereocenters. The molecule has 4 nitrogen and oxygen atoms in total. The number of hydrogen-bond donors (Lipinski definition) is 1. The zero-order chi connectivity index (χ0) is 14.2. The first-order valence-corrected chi connectivity index (χ1v) is 6.75. The fourth-order valence-electron chi connectivity index (χ4n) is 2.59. The van der Waals surface area contributed by atoms with Gasteiger partial charge in [-0.15, -0.1) is 0 Å². The van der Waals surface area contributed by atoms with E-state index in [1.165, 1.54) is 0 Å². The Labute approximate surface area is 122 Å². The maximum Gasteiger partial charge on any atom is 0.196 e. The number of halogens is 1. The van der Waals surface area contributed by atoms with Crippen LogP contribution in [-0.4, -0.2) is 17.5 Å². The number of nitrogens with zero attached hydrogens (tertiary/aromatic N) is 3. The summed E-state index contributed by atoms with van der Waals surface area (Å²) < 4.78 is 0. The third kappa shape index (κ3) is 2.02. The lowest BCUT2D eigenvalue weighted by Gasteiger charge is -2.36. The largest absolute Gasteiger partial charge is 0.369 e. The van der Waals surface area contributed by atoms with E-state index in [-0.39, 0.29) is 5.54 Å². The second-order valence-corrected chi connectivity index (χ2v) is 5.44. The summed E-state index contributed by atoms with van der Waals surface area (Å²) in [6.45, 7) is 2.72. The smallest absolute Gasteiger partial charge is 0.196 e. The van der Waals surface area contributed by atoms with Crippen LogP contribution in [0.4, 0.5) is 5.69 Å². The number of aromatic nitrogens is 1. The van der Waals surface area contributed by atoms with Crippen LogP contribution in [0.15, 0.2) is 53.8 Å². The first-order valence-electron chi connectivity index (χ1n) is 6.37. The lowest BCUT2D eigenvalue weighted by molar-refractivity contribution is 0.532. The Hall–Kier alpha value is -2.07. The van der Waals surface area contributed by atoms with Crippen molar-refractivity contribution in [3.63, 3.8) is 0 Å². The summed E-state index contributed by atoms with van der Waals surface area (Å²) in [6.07, 6.45) is 3.57. The highest BCUT2D eigenvalue weighted by Crippen LogP contribution is 2.37. The van der Waals surface area contributed by atoms with Gasteiger partial charge in [0.25, 0.3) is 0 Å². The van der Waals surface area contributed by atoms with Crippen LogP contribution in [0.1, 0.15) is 12.5 Å². The van der Waals surface area contributed by atoms with Crippen LogP contribution in [0, 0.1) is 0 Å². The molecule has 2 heterocycles. The summed E-state index contributed by atoms with van der Waals surface area (Å²) in [4.78, 5) is 10.5. The number of guanidine groups is 1. The Morgan fingerprint density at radius 3 is 2.70 bits per heavy atom. The number of rotatable bonds is 2. The van der Waals surface area contributed by atoms with E-state index >= 15 is 0 Å². The molecule has 5 heteroatoms. The standard InChI is InChI=1S/C15H15ClN4/c1-15(11-5-7-18-8-6-11)10-19-14(17)20(15)13-4-2-3-12(16)9-13/h2-9H,10H2,1H3,(H2,17,19). The maximum absolute atomic E-state index is 6.09. The van der Waals surface area contributed by atoms with Gasteiger partial charge in [0, 0.05) is 23.1 Å². The summed E-state index contributed by atoms with van der Waals surface area (Å²) in [5.41, 5.74) is 7.83. The highest BCUT2D eigenvalue weighted by atomic mass is 35.5. The molecule has 0 fully saturated rings. The van der Waals surface area contributed by atoms with Crippen molar-refractivity contribution < 1.29 is 0 Å². The van der Waals surface area contributed by atoms with Gasteiger partial charge in [-0.2, -0.15) is 0 Å². The number of pyridine rings is 1. The van der Waals surface area contributed by atoms with Gasteiger partial charge < -0.3 is 10.6 Å². The summed E-state index contributed by atoms with van der Waals surface area (Å²) >= 11 is 6.09. The lowest BCUT2D eigenvalue weighted by Crippen LogP contribution is -2.47. The molecule has 1 aromatic heterocycles. The zero-order valence-corrected chi connectivity index (χ0v) is 11.9.